The van der Waals surface area contributed by atoms with E-state index in [1.165, 1.54) is 11.1 Å². The smallest absolute Gasteiger partial charge is 0.123 e. The van der Waals surface area contributed by atoms with Crippen molar-refractivity contribution in [3.63, 3.8) is 0 Å². The van der Waals surface area contributed by atoms with Crippen molar-refractivity contribution in [3.8, 4) is 0 Å². The van der Waals surface area contributed by atoms with Crippen LogP contribution in [0.25, 0.3) is 0 Å². The van der Waals surface area contributed by atoms with Crippen molar-refractivity contribution in [2.75, 3.05) is 7.05 Å². The maximum absolute atomic E-state index is 12.9. The molecule has 1 atom stereocenters. The molecule has 0 heterocycles. The molecule has 0 aromatic heterocycles. The second kappa shape index (κ2) is 4.76. The molecular weight excluding hydrogens is 201 g/mol. The van der Waals surface area contributed by atoms with E-state index in [0.29, 0.717) is 6.04 Å². The molecule has 1 aliphatic carbocycles. The van der Waals surface area contributed by atoms with Gasteiger partial charge in [-0.05, 0) is 49.6 Å². The molecule has 0 radical (unpaired) electrons. The molecule has 0 aliphatic heterocycles. The first-order chi connectivity index (χ1) is 6.31. The summed E-state index contributed by atoms with van der Waals surface area (Å²) in [6.45, 7) is 0. The minimum atomic E-state index is -0.115. The number of aryl methyl sites for hydroxylation is 1. The molecule has 0 fully saturated rings. The lowest BCUT2D eigenvalue weighted by molar-refractivity contribution is 0.493. The molecule has 1 nitrogen and oxygen atoms in total. The van der Waals surface area contributed by atoms with Gasteiger partial charge in [0.2, 0.25) is 0 Å². The number of rotatable bonds is 1. The molecule has 1 N–H and O–H groups in total. The zero-order chi connectivity index (χ0) is 9.26. The first kappa shape index (κ1) is 11.5. The predicted molar refractivity (Wildman–Crippen MR) is 58.4 cm³/mol. The average molecular weight is 216 g/mol. The molecule has 1 aromatic rings. The number of hydrogen-bond acceptors (Lipinski definition) is 1. The van der Waals surface area contributed by atoms with Crippen LogP contribution in [0.1, 0.15) is 30.0 Å². The van der Waals surface area contributed by atoms with Crippen LogP contribution in [0.15, 0.2) is 18.2 Å². The topological polar surface area (TPSA) is 12.0 Å². The van der Waals surface area contributed by atoms with Crippen LogP contribution in [-0.2, 0) is 6.42 Å². The van der Waals surface area contributed by atoms with Gasteiger partial charge in [-0.2, -0.15) is 0 Å². The van der Waals surface area contributed by atoms with Crippen LogP contribution in [0, 0.1) is 5.82 Å². The Kier molecular flexibility index (Phi) is 3.90. The summed E-state index contributed by atoms with van der Waals surface area (Å²) in [6, 6.07) is 5.54. The monoisotopic (exact) mass is 215 g/mol. The number of benzene rings is 1. The highest BCUT2D eigenvalue weighted by Gasteiger charge is 2.18. The summed E-state index contributed by atoms with van der Waals surface area (Å²) < 4.78 is 12.9. The van der Waals surface area contributed by atoms with E-state index < -0.39 is 0 Å². The maximum Gasteiger partial charge on any atom is 0.123 e. The summed E-state index contributed by atoms with van der Waals surface area (Å²) in [5.41, 5.74) is 2.45. The molecule has 1 aromatic carbocycles. The Morgan fingerprint density at radius 3 is 2.93 bits per heavy atom. The van der Waals surface area contributed by atoms with Gasteiger partial charge in [0.05, 0.1) is 0 Å². The number of hydrogen-bond donors (Lipinski definition) is 1. The highest BCUT2D eigenvalue weighted by atomic mass is 35.5. The molecule has 0 bridgehead atoms. The summed E-state index contributed by atoms with van der Waals surface area (Å²) in [5, 5.41) is 3.26. The maximum atomic E-state index is 12.9. The van der Waals surface area contributed by atoms with Crippen molar-refractivity contribution in [2.45, 2.75) is 25.3 Å². The van der Waals surface area contributed by atoms with Crippen molar-refractivity contribution in [1.82, 2.24) is 5.32 Å². The van der Waals surface area contributed by atoms with Crippen molar-refractivity contribution in [1.29, 1.82) is 0 Å². The van der Waals surface area contributed by atoms with E-state index in [1.54, 1.807) is 12.1 Å². The van der Waals surface area contributed by atoms with E-state index in [4.69, 9.17) is 0 Å². The third-order valence-corrected chi connectivity index (χ3v) is 2.77. The quantitative estimate of drug-likeness (QED) is 0.760. The minimum absolute atomic E-state index is 0. The zero-order valence-corrected chi connectivity index (χ0v) is 9.03. The summed E-state index contributed by atoms with van der Waals surface area (Å²) in [6.07, 6.45) is 3.34. The molecule has 0 saturated carbocycles. The molecule has 14 heavy (non-hydrogen) atoms. The van der Waals surface area contributed by atoms with Crippen LogP contribution in [0.3, 0.4) is 0 Å². The Bertz CT molecular complexity index is 314. The molecule has 3 heteroatoms. The van der Waals surface area contributed by atoms with E-state index in [0.717, 1.165) is 19.3 Å². The van der Waals surface area contributed by atoms with Crippen LogP contribution < -0.4 is 5.32 Å². The third-order valence-electron chi connectivity index (χ3n) is 2.77. The summed E-state index contributed by atoms with van der Waals surface area (Å²) in [5.74, 6) is -0.115. The molecule has 0 spiro atoms. The van der Waals surface area contributed by atoms with Gasteiger partial charge < -0.3 is 5.32 Å². The van der Waals surface area contributed by atoms with Gasteiger partial charge >= 0.3 is 0 Å². The fourth-order valence-electron chi connectivity index (χ4n) is 2.08. The molecule has 1 aliphatic rings. The Labute approximate surface area is 90.1 Å². The average Bonchev–Trinajstić information content (AvgIpc) is 2.16. The van der Waals surface area contributed by atoms with Gasteiger partial charge in [-0.1, -0.05) is 6.07 Å². The molecule has 0 saturated heterocycles. The summed E-state index contributed by atoms with van der Waals surface area (Å²) >= 11 is 0. The van der Waals surface area contributed by atoms with Crippen molar-refractivity contribution in [2.24, 2.45) is 0 Å². The van der Waals surface area contributed by atoms with E-state index >= 15 is 0 Å². The fraction of sp³-hybridized carbons (Fsp3) is 0.455. The molecule has 78 valence electrons. The number of fused-ring (bicyclic) bond motifs is 1. The highest BCUT2D eigenvalue weighted by molar-refractivity contribution is 5.85. The number of halogens is 2. The van der Waals surface area contributed by atoms with Gasteiger partial charge in [0.25, 0.3) is 0 Å². The predicted octanol–water partition coefficient (Wildman–Crippen LogP) is 2.84. The SMILES string of the molecule is CNC1CCCc2cc(F)ccc21.Cl. The summed E-state index contributed by atoms with van der Waals surface area (Å²) in [7, 11) is 1.96. The lowest BCUT2D eigenvalue weighted by Gasteiger charge is -2.24. The van der Waals surface area contributed by atoms with Gasteiger partial charge in [-0.25, -0.2) is 4.39 Å². The standard InChI is InChI=1S/C11H14FN.ClH/c1-13-11-4-2-3-8-7-9(12)5-6-10(8)11;/h5-7,11,13H,2-4H2,1H3;1H. The van der Waals surface area contributed by atoms with Gasteiger partial charge in [0.1, 0.15) is 5.82 Å². The van der Waals surface area contributed by atoms with Gasteiger partial charge in [0, 0.05) is 6.04 Å². The molecular formula is C11H15ClFN. The Morgan fingerprint density at radius 1 is 1.43 bits per heavy atom. The van der Waals surface area contributed by atoms with Crippen LogP contribution in [0.2, 0.25) is 0 Å². The van der Waals surface area contributed by atoms with Gasteiger partial charge in [-0.15, -0.1) is 12.4 Å². The lowest BCUT2D eigenvalue weighted by Crippen LogP contribution is -2.21. The van der Waals surface area contributed by atoms with Crippen LogP contribution >= 0.6 is 12.4 Å². The Hall–Kier alpha value is -0.600. The van der Waals surface area contributed by atoms with Crippen LogP contribution in [0.5, 0.6) is 0 Å². The second-order valence-electron chi connectivity index (χ2n) is 3.58. The lowest BCUT2D eigenvalue weighted by atomic mass is 9.88. The molecule has 1 unspecified atom stereocenters. The first-order valence-corrected chi connectivity index (χ1v) is 4.77. The second-order valence-corrected chi connectivity index (χ2v) is 3.58. The van der Waals surface area contributed by atoms with E-state index in [9.17, 15) is 4.39 Å². The molecule has 2 rings (SSSR count). The number of nitrogens with one attached hydrogen (secondary N) is 1. The largest absolute Gasteiger partial charge is 0.313 e. The Balaban J connectivity index is 0.000000980. The van der Waals surface area contributed by atoms with Crippen molar-refractivity contribution < 1.29 is 4.39 Å². The normalized spacial score (nSPS) is 19.7. The Morgan fingerprint density at radius 2 is 2.21 bits per heavy atom. The van der Waals surface area contributed by atoms with Crippen molar-refractivity contribution >= 4 is 12.4 Å². The summed E-state index contributed by atoms with van der Waals surface area (Å²) in [4.78, 5) is 0. The van der Waals surface area contributed by atoms with Gasteiger partial charge in [0.15, 0.2) is 0 Å². The minimum Gasteiger partial charge on any atom is -0.313 e. The third kappa shape index (κ3) is 2.07. The van der Waals surface area contributed by atoms with Gasteiger partial charge in [-0.3, -0.25) is 0 Å². The van der Waals surface area contributed by atoms with E-state index in [-0.39, 0.29) is 18.2 Å². The van der Waals surface area contributed by atoms with Crippen LogP contribution in [-0.4, -0.2) is 7.05 Å². The van der Waals surface area contributed by atoms with E-state index in [1.807, 2.05) is 13.1 Å². The fourth-order valence-corrected chi connectivity index (χ4v) is 2.08. The molecule has 0 amide bonds. The van der Waals surface area contributed by atoms with E-state index in [2.05, 4.69) is 5.32 Å². The first-order valence-electron chi connectivity index (χ1n) is 4.77. The highest BCUT2D eigenvalue weighted by Crippen LogP contribution is 2.29. The van der Waals surface area contributed by atoms with Crippen LogP contribution in [0.4, 0.5) is 4.39 Å². The van der Waals surface area contributed by atoms with Crippen molar-refractivity contribution in [3.05, 3.63) is 35.1 Å². The zero-order valence-electron chi connectivity index (χ0n) is 8.22.